The second-order valence-corrected chi connectivity index (χ2v) is 5.03. The highest BCUT2D eigenvalue weighted by Gasteiger charge is 2.21. The molecular weight excluding hydrogens is 248 g/mol. The molecule has 0 spiro atoms. The number of piperazine rings is 1. The molecule has 0 unspecified atom stereocenters. The molecule has 0 atom stereocenters. The average molecular weight is 268 g/mol. The highest BCUT2D eigenvalue weighted by atomic mass is 32.1. The fourth-order valence-corrected chi connectivity index (χ4v) is 2.35. The van der Waals surface area contributed by atoms with E-state index in [2.05, 4.69) is 22.5 Å². The van der Waals surface area contributed by atoms with Gasteiger partial charge in [-0.3, -0.25) is 9.69 Å². The van der Waals surface area contributed by atoms with E-state index in [0.717, 1.165) is 38.5 Å². The van der Waals surface area contributed by atoms with Crippen LogP contribution in [0, 0.1) is 0 Å². The molecule has 100 valence electrons. The molecule has 1 aromatic rings. The minimum absolute atomic E-state index is 0.224. The molecule has 0 aliphatic carbocycles. The first-order chi connectivity index (χ1) is 8.70. The SMILES string of the molecule is Cn1ccnc1CN1CCN(C(=O)CCS)CC1. The van der Waals surface area contributed by atoms with E-state index >= 15 is 0 Å². The Kier molecular flexibility index (Phi) is 4.66. The number of carbonyl (C=O) groups is 1. The molecule has 0 saturated carbocycles. The molecule has 6 heteroatoms. The Morgan fingerprint density at radius 3 is 2.67 bits per heavy atom. The minimum Gasteiger partial charge on any atom is -0.340 e. The molecule has 1 aromatic heterocycles. The number of amides is 1. The lowest BCUT2D eigenvalue weighted by atomic mass is 10.3. The van der Waals surface area contributed by atoms with E-state index in [-0.39, 0.29) is 5.91 Å². The summed E-state index contributed by atoms with van der Waals surface area (Å²) in [5.74, 6) is 1.93. The lowest BCUT2D eigenvalue weighted by Gasteiger charge is -2.34. The van der Waals surface area contributed by atoms with Gasteiger partial charge in [0.2, 0.25) is 5.91 Å². The Bertz CT molecular complexity index is 399. The molecule has 1 aliphatic heterocycles. The van der Waals surface area contributed by atoms with Crippen LogP contribution in [0.1, 0.15) is 12.2 Å². The molecule has 0 bridgehead atoms. The van der Waals surface area contributed by atoms with Crippen molar-refractivity contribution in [3.8, 4) is 0 Å². The number of imidazole rings is 1. The van der Waals surface area contributed by atoms with Gasteiger partial charge in [0.15, 0.2) is 0 Å². The number of hydrogen-bond donors (Lipinski definition) is 1. The van der Waals surface area contributed by atoms with Crippen molar-refractivity contribution in [3.05, 3.63) is 18.2 Å². The Labute approximate surface area is 113 Å². The summed E-state index contributed by atoms with van der Waals surface area (Å²) in [4.78, 5) is 20.3. The van der Waals surface area contributed by atoms with Crippen LogP contribution in [0.2, 0.25) is 0 Å². The van der Waals surface area contributed by atoms with Crippen LogP contribution >= 0.6 is 12.6 Å². The number of aromatic nitrogens is 2. The van der Waals surface area contributed by atoms with Gasteiger partial charge >= 0.3 is 0 Å². The first kappa shape index (κ1) is 13.4. The van der Waals surface area contributed by atoms with Crippen LogP contribution in [0.4, 0.5) is 0 Å². The molecule has 0 N–H and O–H groups in total. The quantitative estimate of drug-likeness (QED) is 0.803. The average Bonchev–Trinajstić information content (AvgIpc) is 2.76. The normalized spacial score (nSPS) is 17.1. The van der Waals surface area contributed by atoms with E-state index in [1.165, 1.54) is 0 Å². The van der Waals surface area contributed by atoms with Crippen molar-refractivity contribution in [1.29, 1.82) is 0 Å². The second kappa shape index (κ2) is 6.24. The molecule has 1 aliphatic rings. The van der Waals surface area contributed by atoms with Crippen molar-refractivity contribution in [3.63, 3.8) is 0 Å². The van der Waals surface area contributed by atoms with Gasteiger partial charge in [-0.05, 0) is 5.75 Å². The second-order valence-electron chi connectivity index (χ2n) is 4.58. The van der Waals surface area contributed by atoms with Crippen molar-refractivity contribution in [2.75, 3.05) is 31.9 Å². The molecule has 5 nitrogen and oxygen atoms in total. The highest BCUT2D eigenvalue weighted by molar-refractivity contribution is 7.80. The van der Waals surface area contributed by atoms with Crippen molar-refractivity contribution in [2.45, 2.75) is 13.0 Å². The van der Waals surface area contributed by atoms with Crippen molar-refractivity contribution in [1.82, 2.24) is 19.4 Å². The zero-order valence-electron chi connectivity index (χ0n) is 10.7. The summed E-state index contributed by atoms with van der Waals surface area (Å²) >= 11 is 4.10. The van der Waals surface area contributed by atoms with Crippen LogP contribution in [0.3, 0.4) is 0 Å². The third kappa shape index (κ3) is 3.26. The summed E-state index contributed by atoms with van der Waals surface area (Å²) in [5, 5.41) is 0. The lowest BCUT2D eigenvalue weighted by Crippen LogP contribution is -2.48. The third-order valence-corrected chi connectivity index (χ3v) is 3.56. The summed E-state index contributed by atoms with van der Waals surface area (Å²) in [7, 11) is 2.01. The fourth-order valence-electron chi connectivity index (χ4n) is 2.16. The van der Waals surface area contributed by atoms with Crippen LogP contribution in [-0.2, 0) is 18.4 Å². The van der Waals surface area contributed by atoms with Gasteiger partial charge in [-0.2, -0.15) is 12.6 Å². The maximum atomic E-state index is 11.7. The van der Waals surface area contributed by atoms with Gasteiger partial charge in [-0.25, -0.2) is 4.98 Å². The number of rotatable bonds is 4. The van der Waals surface area contributed by atoms with Crippen molar-refractivity contribution >= 4 is 18.5 Å². The monoisotopic (exact) mass is 268 g/mol. The Balaban J connectivity index is 1.80. The Hall–Kier alpha value is -1.01. The van der Waals surface area contributed by atoms with Crippen LogP contribution in [0.15, 0.2) is 12.4 Å². The van der Waals surface area contributed by atoms with Crippen LogP contribution in [0.5, 0.6) is 0 Å². The smallest absolute Gasteiger partial charge is 0.223 e. The number of nitrogens with zero attached hydrogens (tertiary/aromatic N) is 4. The predicted molar refractivity (Wildman–Crippen MR) is 73.5 cm³/mol. The van der Waals surface area contributed by atoms with Gasteiger partial charge in [-0.15, -0.1) is 0 Å². The van der Waals surface area contributed by atoms with E-state index in [0.29, 0.717) is 12.2 Å². The molecule has 1 fully saturated rings. The highest BCUT2D eigenvalue weighted by Crippen LogP contribution is 2.08. The summed E-state index contributed by atoms with van der Waals surface area (Å²) in [5.41, 5.74) is 0. The topological polar surface area (TPSA) is 41.4 Å². The van der Waals surface area contributed by atoms with Crippen LogP contribution in [0.25, 0.3) is 0 Å². The maximum Gasteiger partial charge on any atom is 0.223 e. The van der Waals surface area contributed by atoms with Gasteiger partial charge in [0.05, 0.1) is 6.54 Å². The number of thiol groups is 1. The van der Waals surface area contributed by atoms with Gasteiger partial charge < -0.3 is 9.47 Å². The number of aryl methyl sites for hydroxylation is 1. The largest absolute Gasteiger partial charge is 0.340 e. The predicted octanol–water partition coefficient (Wildman–Crippen LogP) is 0.384. The van der Waals surface area contributed by atoms with Gasteiger partial charge in [0.25, 0.3) is 0 Å². The van der Waals surface area contributed by atoms with Crippen molar-refractivity contribution < 1.29 is 4.79 Å². The van der Waals surface area contributed by atoms with Gasteiger partial charge in [0.1, 0.15) is 5.82 Å². The molecular formula is C12H20N4OS. The van der Waals surface area contributed by atoms with E-state index in [1.807, 2.05) is 28.9 Å². The summed E-state index contributed by atoms with van der Waals surface area (Å²) in [6.07, 6.45) is 4.33. The summed E-state index contributed by atoms with van der Waals surface area (Å²) in [6.45, 7) is 4.34. The molecule has 1 amide bonds. The lowest BCUT2D eigenvalue weighted by molar-refractivity contribution is -0.132. The van der Waals surface area contributed by atoms with Gasteiger partial charge in [-0.1, -0.05) is 0 Å². The summed E-state index contributed by atoms with van der Waals surface area (Å²) < 4.78 is 2.04. The molecule has 18 heavy (non-hydrogen) atoms. The molecule has 2 heterocycles. The van der Waals surface area contributed by atoms with Crippen LogP contribution in [-0.4, -0.2) is 57.2 Å². The molecule has 1 saturated heterocycles. The minimum atomic E-state index is 0.224. The van der Waals surface area contributed by atoms with E-state index < -0.39 is 0 Å². The van der Waals surface area contributed by atoms with Gasteiger partial charge in [0, 0.05) is 52.0 Å². The van der Waals surface area contributed by atoms with Crippen molar-refractivity contribution in [2.24, 2.45) is 7.05 Å². The maximum absolute atomic E-state index is 11.7. The first-order valence-corrected chi connectivity index (χ1v) is 6.91. The first-order valence-electron chi connectivity index (χ1n) is 6.28. The third-order valence-electron chi connectivity index (χ3n) is 3.34. The van der Waals surface area contributed by atoms with E-state index in [4.69, 9.17) is 0 Å². The Morgan fingerprint density at radius 1 is 1.39 bits per heavy atom. The zero-order valence-corrected chi connectivity index (χ0v) is 11.6. The standard InChI is InChI=1S/C12H20N4OS/c1-14-4-3-13-11(14)10-15-5-7-16(8-6-15)12(17)2-9-18/h3-4,18H,2,5-10H2,1H3. The van der Waals surface area contributed by atoms with E-state index in [9.17, 15) is 4.79 Å². The molecule has 0 radical (unpaired) electrons. The summed E-state index contributed by atoms with van der Waals surface area (Å²) in [6, 6.07) is 0. The number of carbonyl (C=O) groups excluding carboxylic acids is 1. The zero-order chi connectivity index (χ0) is 13.0. The Morgan fingerprint density at radius 2 is 2.11 bits per heavy atom. The fraction of sp³-hybridized carbons (Fsp3) is 0.667. The van der Waals surface area contributed by atoms with E-state index in [1.54, 1.807) is 0 Å². The molecule has 2 rings (SSSR count). The number of hydrogen-bond acceptors (Lipinski definition) is 4. The molecule has 0 aromatic carbocycles. The van der Waals surface area contributed by atoms with Crippen LogP contribution < -0.4 is 0 Å².